The van der Waals surface area contributed by atoms with Crippen LogP contribution in [0.3, 0.4) is 0 Å². The number of sulfonamides is 1. The summed E-state index contributed by atoms with van der Waals surface area (Å²) >= 11 is 1.38. The zero-order valence-electron chi connectivity index (χ0n) is 14.0. The molecule has 0 atom stereocenters. The fourth-order valence-corrected chi connectivity index (χ4v) is 5.16. The van der Waals surface area contributed by atoms with Crippen LogP contribution in [0, 0.1) is 6.92 Å². The average molecular weight is 333 g/mol. The first-order chi connectivity index (χ1) is 9.66. The van der Waals surface area contributed by atoms with E-state index >= 15 is 0 Å². The minimum atomic E-state index is -3.42. The zero-order valence-corrected chi connectivity index (χ0v) is 15.6. The van der Waals surface area contributed by atoms with E-state index in [4.69, 9.17) is 0 Å². The van der Waals surface area contributed by atoms with E-state index in [1.165, 1.54) is 15.6 Å². The monoisotopic (exact) mass is 332 g/mol. The van der Waals surface area contributed by atoms with Gasteiger partial charge in [0.25, 0.3) is 10.0 Å². The third-order valence-electron chi connectivity index (χ3n) is 4.04. The fourth-order valence-electron chi connectivity index (χ4n) is 1.85. The van der Waals surface area contributed by atoms with Crippen molar-refractivity contribution in [2.45, 2.75) is 63.8 Å². The lowest BCUT2D eigenvalue weighted by atomic mass is 10.0. The first kappa shape index (κ1) is 18.6. The number of nitrogens with one attached hydrogen (secondary N) is 1. The summed E-state index contributed by atoms with van der Waals surface area (Å²) in [7, 11) is -1.75. The Balaban J connectivity index is 3.02. The van der Waals surface area contributed by atoms with Gasteiger partial charge in [0, 0.05) is 24.0 Å². The molecule has 21 heavy (non-hydrogen) atoms. The molecule has 1 aromatic heterocycles. The molecule has 1 N–H and O–H groups in total. The quantitative estimate of drug-likeness (QED) is 0.743. The van der Waals surface area contributed by atoms with Crippen LogP contribution < -0.4 is 5.32 Å². The average Bonchev–Trinajstić information content (AvgIpc) is 2.80. The number of thiophene rings is 1. The third kappa shape index (κ3) is 4.28. The van der Waals surface area contributed by atoms with E-state index in [-0.39, 0.29) is 5.54 Å². The second kappa shape index (κ2) is 7.22. The largest absolute Gasteiger partial charge is 0.312 e. The predicted octanol–water partition coefficient (Wildman–Crippen LogP) is 3.37. The molecule has 0 fully saturated rings. The number of hydrogen-bond donors (Lipinski definition) is 1. The van der Waals surface area contributed by atoms with Crippen LogP contribution in [0.25, 0.3) is 0 Å². The van der Waals surface area contributed by atoms with Crippen LogP contribution in [0.1, 0.15) is 51.0 Å². The summed E-state index contributed by atoms with van der Waals surface area (Å²) in [4.78, 5) is 1.10. The molecule has 0 aliphatic carbocycles. The third-order valence-corrected chi connectivity index (χ3v) is 7.80. The molecule has 0 amide bonds. The highest BCUT2D eigenvalue weighted by Gasteiger charge is 2.33. The minimum absolute atomic E-state index is 0.378. The molecule has 0 radical (unpaired) electrons. The summed E-state index contributed by atoms with van der Waals surface area (Å²) in [5.74, 6) is 0. The van der Waals surface area contributed by atoms with Gasteiger partial charge in [0.15, 0.2) is 0 Å². The van der Waals surface area contributed by atoms with Gasteiger partial charge in [-0.05, 0) is 51.8 Å². The molecule has 0 bridgehead atoms. The molecule has 0 unspecified atom stereocenters. The fraction of sp³-hybridized carbons (Fsp3) is 0.733. The van der Waals surface area contributed by atoms with Crippen molar-refractivity contribution < 1.29 is 8.42 Å². The van der Waals surface area contributed by atoms with Gasteiger partial charge in [-0.25, -0.2) is 8.42 Å². The van der Waals surface area contributed by atoms with Crippen LogP contribution in [0.4, 0.5) is 0 Å². The molecule has 1 heterocycles. The molecule has 0 aromatic carbocycles. The van der Waals surface area contributed by atoms with Gasteiger partial charge in [0.1, 0.15) is 4.21 Å². The Morgan fingerprint density at radius 2 is 1.95 bits per heavy atom. The summed E-state index contributed by atoms with van der Waals surface area (Å²) in [6.07, 6.45) is 1.85. The van der Waals surface area contributed by atoms with Gasteiger partial charge in [0.05, 0.1) is 0 Å². The molecular formula is C15H28N2O2S2. The van der Waals surface area contributed by atoms with Crippen molar-refractivity contribution in [3.8, 4) is 0 Å². The van der Waals surface area contributed by atoms with E-state index in [1.807, 2.05) is 27.7 Å². The summed E-state index contributed by atoms with van der Waals surface area (Å²) in [6, 6.07) is 1.80. The molecule has 0 saturated heterocycles. The van der Waals surface area contributed by atoms with Crippen molar-refractivity contribution in [1.82, 2.24) is 9.62 Å². The Morgan fingerprint density at radius 1 is 1.33 bits per heavy atom. The first-order valence-electron chi connectivity index (χ1n) is 7.45. The van der Waals surface area contributed by atoms with Crippen LogP contribution in [0.15, 0.2) is 10.3 Å². The van der Waals surface area contributed by atoms with Crippen LogP contribution in [0.2, 0.25) is 0 Å². The molecule has 0 aliphatic rings. The van der Waals surface area contributed by atoms with Crippen LogP contribution in [0.5, 0.6) is 0 Å². The van der Waals surface area contributed by atoms with Crippen molar-refractivity contribution in [2.75, 3.05) is 13.6 Å². The summed E-state index contributed by atoms with van der Waals surface area (Å²) in [6.45, 7) is 11.7. The molecule has 6 heteroatoms. The SMILES string of the molecule is CCCNCc1sc(S(=O)(=O)N(C)C(C)(C)CC)cc1C. The Kier molecular flexibility index (Phi) is 6.40. The first-order valence-corrected chi connectivity index (χ1v) is 9.71. The van der Waals surface area contributed by atoms with E-state index in [1.54, 1.807) is 13.1 Å². The normalized spacial score (nSPS) is 13.1. The Bertz CT molecular complexity index is 562. The summed E-state index contributed by atoms with van der Waals surface area (Å²) in [5, 5.41) is 3.33. The lowest BCUT2D eigenvalue weighted by molar-refractivity contribution is 0.257. The molecule has 0 spiro atoms. The molecule has 0 aliphatic heterocycles. The van der Waals surface area contributed by atoms with Crippen molar-refractivity contribution >= 4 is 21.4 Å². The number of hydrogen-bond acceptors (Lipinski definition) is 4. The highest BCUT2D eigenvalue weighted by molar-refractivity contribution is 7.91. The van der Waals surface area contributed by atoms with E-state index in [0.29, 0.717) is 4.21 Å². The maximum absolute atomic E-state index is 12.7. The van der Waals surface area contributed by atoms with Crippen molar-refractivity contribution in [3.63, 3.8) is 0 Å². The van der Waals surface area contributed by atoms with Gasteiger partial charge in [-0.2, -0.15) is 4.31 Å². The molecule has 122 valence electrons. The number of rotatable bonds is 8. The second-order valence-electron chi connectivity index (χ2n) is 5.99. The van der Waals surface area contributed by atoms with Crippen LogP contribution >= 0.6 is 11.3 Å². The highest BCUT2D eigenvalue weighted by Crippen LogP contribution is 2.31. The summed E-state index contributed by atoms with van der Waals surface area (Å²) < 4.78 is 27.4. The smallest absolute Gasteiger partial charge is 0.252 e. The van der Waals surface area contributed by atoms with E-state index in [2.05, 4.69) is 12.2 Å². The van der Waals surface area contributed by atoms with Gasteiger partial charge in [-0.3, -0.25) is 0 Å². The molecule has 0 saturated carbocycles. The highest BCUT2D eigenvalue weighted by atomic mass is 32.2. The number of aryl methyl sites for hydroxylation is 1. The molecular weight excluding hydrogens is 304 g/mol. The van der Waals surface area contributed by atoms with Gasteiger partial charge >= 0.3 is 0 Å². The van der Waals surface area contributed by atoms with Crippen LogP contribution in [-0.4, -0.2) is 31.9 Å². The van der Waals surface area contributed by atoms with E-state index < -0.39 is 10.0 Å². The lowest BCUT2D eigenvalue weighted by Gasteiger charge is -2.33. The van der Waals surface area contributed by atoms with Crippen molar-refractivity contribution in [1.29, 1.82) is 0 Å². The van der Waals surface area contributed by atoms with Crippen molar-refractivity contribution in [2.24, 2.45) is 0 Å². The van der Waals surface area contributed by atoms with Gasteiger partial charge in [-0.1, -0.05) is 13.8 Å². The standard InChI is InChI=1S/C15H28N2O2S2/c1-7-9-16-11-13-12(3)10-14(20-13)21(18,19)17(6)15(4,5)8-2/h10,16H,7-9,11H2,1-6H3. The maximum atomic E-state index is 12.7. The van der Waals surface area contributed by atoms with Gasteiger partial charge < -0.3 is 5.32 Å². The lowest BCUT2D eigenvalue weighted by Crippen LogP contribution is -2.44. The van der Waals surface area contributed by atoms with Crippen molar-refractivity contribution in [3.05, 3.63) is 16.5 Å². The second-order valence-corrected chi connectivity index (χ2v) is 9.32. The van der Waals surface area contributed by atoms with E-state index in [9.17, 15) is 8.42 Å². The molecule has 4 nitrogen and oxygen atoms in total. The molecule has 1 aromatic rings. The van der Waals surface area contributed by atoms with Gasteiger partial charge in [0.2, 0.25) is 0 Å². The zero-order chi connectivity index (χ0) is 16.3. The Morgan fingerprint density at radius 3 is 2.48 bits per heavy atom. The predicted molar refractivity (Wildman–Crippen MR) is 90.4 cm³/mol. The van der Waals surface area contributed by atoms with Crippen LogP contribution in [-0.2, 0) is 16.6 Å². The maximum Gasteiger partial charge on any atom is 0.252 e. The minimum Gasteiger partial charge on any atom is -0.312 e. The Hall–Kier alpha value is -0.430. The van der Waals surface area contributed by atoms with E-state index in [0.717, 1.165) is 36.4 Å². The molecule has 1 rings (SSSR count). The summed E-state index contributed by atoms with van der Waals surface area (Å²) in [5.41, 5.74) is 0.669. The topological polar surface area (TPSA) is 49.4 Å². The van der Waals surface area contributed by atoms with Gasteiger partial charge in [-0.15, -0.1) is 11.3 Å². The Labute approximate surface area is 133 Å². The number of nitrogens with zero attached hydrogens (tertiary/aromatic N) is 1.